The zero-order valence-corrected chi connectivity index (χ0v) is 12.8. The van der Waals surface area contributed by atoms with E-state index < -0.39 is 0 Å². The molecule has 1 heterocycles. The van der Waals surface area contributed by atoms with E-state index in [1.54, 1.807) is 0 Å². The van der Waals surface area contributed by atoms with Crippen LogP contribution in [-0.2, 0) is 4.74 Å². The lowest BCUT2D eigenvalue weighted by atomic mass is 10.0. The maximum atomic E-state index is 9.31. The van der Waals surface area contributed by atoms with Gasteiger partial charge in [-0.15, -0.1) is 0 Å². The summed E-state index contributed by atoms with van der Waals surface area (Å²) in [5, 5.41) is 13.6. The summed E-state index contributed by atoms with van der Waals surface area (Å²) in [5.41, 5.74) is 1.47. The fourth-order valence-corrected chi connectivity index (χ4v) is 2.18. The molecule has 0 aliphatic rings. The van der Waals surface area contributed by atoms with Crippen molar-refractivity contribution in [3.63, 3.8) is 0 Å². The molecule has 1 unspecified atom stereocenters. The molecule has 110 valence electrons. The van der Waals surface area contributed by atoms with E-state index in [4.69, 9.17) is 4.74 Å². The first-order valence-corrected chi connectivity index (χ1v) is 7.29. The summed E-state index contributed by atoms with van der Waals surface area (Å²) < 4.78 is 5.52. The molecule has 0 saturated carbocycles. The maximum Gasteiger partial charge on any atom is 0.128 e. The Morgan fingerprint density at radius 3 is 2.76 bits per heavy atom. The van der Waals surface area contributed by atoms with Crippen molar-refractivity contribution in [2.24, 2.45) is 5.92 Å². The van der Waals surface area contributed by atoms with Crippen LogP contribution in [0.5, 0.6) is 0 Å². The molecule has 4 nitrogen and oxygen atoms in total. The van der Waals surface area contributed by atoms with E-state index >= 15 is 0 Å². The van der Waals surface area contributed by atoms with Crippen LogP contribution in [-0.4, -0.2) is 24.2 Å². The molecule has 0 saturated heterocycles. The topological polar surface area (TPSA) is 57.9 Å². The highest BCUT2D eigenvalue weighted by atomic mass is 16.5. The lowest BCUT2D eigenvalue weighted by molar-refractivity contribution is 0.126. The van der Waals surface area contributed by atoms with Gasteiger partial charge in [-0.25, -0.2) is 4.98 Å². The van der Waals surface area contributed by atoms with E-state index in [2.05, 4.69) is 30.2 Å². The molecular formula is C17H21N3O. The molecule has 1 N–H and O–H groups in total. The Kier molecular flexibility index (Phi) is 5.13. The molecule has 1 aromatic heterocycles. The number of nitrogens with one attached hydrogen (secondary N) is 1. The number of para-hydroxylation sites is 1. The molecule has 2 rings (SSSR count). The van der Waals surface area contributed by atoms with Gasteiger partial charge in [0.15, 0.2) is 0 Å². The van der Waals surface area contributed by atoms with Crippen molar-refractivity contribution in [1.82, 2.24) is 4.98 Å². The molecule has 1 aromatic carbocycles. The number of hydrogen-bond acceptors (Lipinski definition) is 4. The van der Waals surface area contributed by atoms with Crippen molar-refractivity contribution in [3.8, 4) is 6.07 Å². The van der Waals surface area contributed by atoms with E-state index in [-0.39, 0.29) is 6.04 Å². The number of aromatic nitrogens is 1. The SMILES string of the molecule is CCOCC(Nc1cc(C#N)c2ccccc2n1)C(C)C. The van der Waals surface area contributed by atoms with Crippen molar-refractivity contribution in [1.29, 1.82) is 5.26 Å². The first-order chi connectivity index (χ1) is 10.2. The smallest absolute Gasteiger partial charge is 0.128 e. The van der Waals surface area contributed by atoms with Crippen LogP contribution in [0.2, 0.25) is 0 Å². The number of pyridine rings is 1. The Bertz CT molecular complexity index is 646. The summed E-state index contributed by atoms with van der Waals surface area (Å²) in [4.78, 5) is 4.60. The Morgan fingerprint density at radius 2 is 2.10 bits per heavy atom. The van der Waals surface area contributed by atoms with Gasteiger partial charge in [0.1, 0.15) is 5.82 Å². The van der Waals surface area contributed by atoms with E-state index in [9.17, 15) is 5.26 Å². The zero-order valence-electron chi connectivity index (χ0n) is 12.8. The number of hydrogen-bond donors (Lipinski definition) is 1. The van der Waals surface area contributed by atoms with E-state index in [0.717, 1.165) is 16.7 Å². The predicted octanol–water partition coefficient (Wildman–Crippen LogP) is 3.58. The third kappa shape index (κ3) is 3.71. The van der Waals surface area contributed by atoms with Gasteiger partial charge in [0, 0.05) is 12.0 Å². The molecule has 0 aliphatic carbocycles. The lowest BCUT2D eigenvalue weighted by Crippen LogP contribution is -2.31. The predicted molar refractivity (Wildman–Crippen MR) is 85.2 cm³/mol. The van der Waals surface area contributed by atoms with Crippen molar-refractivity contribution < 1.29 is 4.74 Å². The molecule has 2 aromatic rings. The molecule has 0 radical (unpaired) electrons. The van der Waals surface area contributed by atoms with Gasteiger partial charge in [-0.2, -0.15) is 5.26 Å². The number of nitriles is 1. The summed E-state index contributed by atoms with van der Waals surface area (Å²) in [7, 11) is 0. The van der Waals surface area contributed by atoms with Crippen molar-refractivity contribution in [2.45, 2.75) is 26.8 Å². The average molecular weight is 283 g/mol. The minimum Gasteiger partial charge on any atom is -0.380 e. The number of rotatable bonds is 6. The first kappa shape index (κ1) is 15.3. The second-order valence-corrected chi connectivity index (χ2v) is 5.34. The average Bonchev–Trinajstić information content (AvgIpc) is 2.50. The second kappa shape index (κ2) is 7.05. The molecule has 1 atom stereocenters. The van der Waals surface area contributed by atoms with Crippen LogP contribution in [0.15, 0.2) is 30.3 Å². The Balaban J connectivity index is 2.31. The van der Waals surface area contributed by atoms with Gasteiger partial charge in [-0.3, -0.25) is 0 Å². The van der Waals surface area contributed by atoms with Crippen LogP contribution in [0.4, 0.5) is 5.82 Å². The van der Waals surface area contributed by atoms with Crippen LogP contribution in [0, 0.1) is 17.2 Å². The van der Waals surface area contributed by atoms with Crippen LogP contribution >= 0.6 is 0 Å². The molecule has 21 heavy (non-hydrogen) atoms. The normalized spacial score (nSPS) is 12.3. The molecule has 0 bridgehead atoms. The number of fused-ring (bicyclic) bond motifs is 1. The monoisotopic (exact) mass is 283 g/mol. The largest absolute Gasteiger partial charge is 0.380 e. The third-order valence-electron chi connectivity index (χ3n) is 3.48. The Morgan fingerprint density at radius 1 is 1.33 bits per heavy atom. The number of nitrogens with zero attached hydrogens (tertiary/aromatic N) is 2. The summed E-state index contributed by atoms with van der Waals surface area (Å²) in [6.07, 6.45) is 0. The minimum atomic E-state index is 0.171. The maximum absolute atomic E-state index is 9.31. The summed E-state index contributed by atoms with van der Waals surface area (Å²) in [5.74, 6) is 1.14. The molecule has 0 amide bonds. The molecule has 0 aliphatic heterocycles. The quantitative estimate of drug-likeness (QED) is 0.880. The second-order valence-electron chi connectivity index (χ2n) is 5.34. The lowest BCUT2D eigenvalue weighted by Gasteiger charge is -2.23. The zero-order chi connectivity index (χ0) is 15.2. The van der Waals surface area contributed by atoms with Gasteiger partial charge in [0.2, 0.25) is 0 Å². The van der Waals surface area contributed by atoms with Gasteiger partial charge in [-0.1, -0.05) is 32.0 Å². The van der Waals surface area contributed by atoms with Crippen LogP contribution in [0.25, 0.3) is 10.9 Å². The Labute approximate surface area is 125 Å². The van der Waals surface area contributed by atoms with E-state index in [0.29, 0.717) is 24.7 Å². The van der Waals surface area contributed by atoms with Gasteiger partial charge in [0.05, 0.1) is 29.8 Å². The van der Waals surface area contributed by atoms with E-state index in [1.165, 1.54) is 0 Å². The van der Waals surface area contributed by atoms with Crippen LogP contribution in [0.1, 0.15) is 26.3 Å². The van der Waals surface area contributed by atoms with Crippen molar-refractivity contribution in [3.05, 3.63) is 35.9 Å². The van der Waals surface area contributed by atoms with Gasteiger partial charge in [0.25, 0.3) is 0 Å². The van der Waals surface area contributed by atoms with Crippen LogP contribution < -0.4 is 5.32 Å². The molecule has 0 spiro atoms. The Hall–Kier alpha value is -2.12. The van der Waals surface area contributed by atoms with Gasteiger partial charge in [-0.05, 0) is 25.0 Å². The van der Waals surface area contributed by atoms with Crippen molar-refractivity contribution in [2.75, 3.05) is 18.5 Å². The fourth-order valence-electron chi connectivity index (χ4n) is 2.18. The highest BCUT2D eigenvalue weighted by molar-refractivity contribution is 5.86. The first-order valence-electron chi connectivity index (χ1n) is 7.29. The highest BCUT2D eigenvalue weighted by Gasteiger charge is 2.15. The third-order valence-corrected chi connectivity index (χ3v) is 3.48. The summed E-state index contributed by atoms with van der Waals surface area (Å²) >= 11 is 0. The van der Waals surface area contributed by atoms with Gasteiger partial charge >= 0.3 is 0 Å². The fraction of sp³-hybridized carbons (Fsp3) is 0.412. The van der Waals surface area contributed by atoms with Crippen LogP contribution in [0.3, 0.4) is 0 Å². The summed E-state index contributed by atoms with van der Waals surface area (Å²) in [6.45, 7) is 7.59. The number of ether oxygens (including phenoxy) is 1. The van der Waals surface area contributed by atoms with Gasteiger partial charge < -0.3 is 10.1 Å². The van der Waals surface area contributed by atoms with E-state index in [1.807, 2.05) is 37.3 Å². The minimum absolute atomic E-state index is 0.171. The molecule has 0 fully saturated rings. The molecular weight excluding hydrogens is 262 g/mol. The summed E-state index contributed by atoms with van der Waals surface area (Å²) in [6, 6.07) is 11.9. The highest BCUT2D eigenvalue weighted by Crippen LogP contribution is 2.21. The van der Waals surface area contributed by atoms with Crippen molar-refractivity contribution >= 4 is 16.7 Å². The number of anilines is 1. The molecule has 4 heteroatoms. The standard InChI is InChI=1S/C17H21N3O/c1-4-21-11-16(12(2)3)20-17-9-13(10-18)14-7-5-6-8-15(14)19-17/h5-9,12,16H,4,11H2,1-3H3,(H,19,20). The number of benzene rings is 1.